The van der Waals surface area contributed by atoms with Gasteiger partial charge in [0.15, 0.2) is 5.76 Å². The van der Waals surface area contributed by atoms with Gasteiger partial charge in [-0.3, -0.25) is 0 Å². The fraction of sp³-hybridized carbons (Fsp3) is 0.526. The molecule has 1 aromatic carbocycles. The molecule has 0 saturated carbocycles. The lowest BCUT2D eigenvalue weighted by atomic mass is 10.3. The number of aryl methyl sites for hydroxylation is 2. The molecule has 2 aromatic rings. The Kier molecular flexibility index (Phi) is 6.69. The second kappa shape index (κ2) is 9.02. The number of rotatable bonds is 7. The number of halogens is 1. The van der Waals surface area contributed by atoms with Crippen molar-refractivity contribution in [2.45, 2.75) is 31.6 Å². The zero-order valence-corrected chi connectivity index (χ0v) is 17.0. The van der Waals surface area contributed by atoms with Crippen molar-refractivity contribution >= 4 is 10.0 Å². The number of ether oxygens (including phenoxy) is 1. The minimum absolute atomic E-state index is 0.189. The van der Waals surface area contributed by atoms with E-state index in [2.05, 4.69) is 10.1 Å². The van der Waals surface area contributed by atoms with Crippen molar-refractivity contribution in [1.29, 1.82) is 0 Å². The SMILES string of the molecule is Cc1noc(C)c1S(=O)(=O)N1CCCN(CCCOc2ccc(F)cc2)CC1. The van der Waals surface area contributed by atoms with Gasteiger partial charge in [0, 0.05) is 26.2 Å². The molecule has 1 fully saturated rings. The smallest absolute Gasteiger partial charge is 0.248 e. The maximum atomic E-state index is 13.0. The van der Waals surface area contributed by atoms with E-state index in [0.717, 1.165) is 25.9 Å². The van der Waals surface area contributed by atoms with Crippen molar-refractivity contribution in [3.8, 4) is 5.75 Å². The van der Waals surface area contributed by atoms with Crippen LogP contribution in [0.1, 0.15) is 24.3 Å². The van der Waals surface area contributed by atoms with Crippen LogP contribution in [-0.2, 0) is 10.0 Å². The summed E-state index contributed by atoms with van der Waals surface area (Å²) >= 11 is 0. The highest BCUT2D eigenvalue weighted by molar-refractivity contribution is 7.89. The van der Waals surface area contributed by atoms with Crippen LogP contribution < -0.4 is 4.74 Å². The largest absolute Gasteiger partial charge is 0.494 e. The van der Waals surface area contributed by atoms with Gasteiger partial charge in [-0.05, 0) is 57.5 Å². The highest BCUT2D eigenvalue weighted by Gasteiger charge is 2.32. The normalized spacial score (nSPS) is 16.8. The van der Waals surface area contributed by atoms with E-state index in [9.17, 15) is 12.8 Å². The Bertz CT molecular complexity index is 864. The first-order valence-corrected chi connectivity index (χ1v) is 10.9. The molecule has 1 aliphatic rings. The van der Waals surface area contributed by atoms with Gasteiger partial charge in [-0.15, -0.1) is 0 Å². The zero-order chi connectivity index (χ0) is 20.1. The summed E-state index contributed by atoms with van der Waals surface area (Å²) in [5.74, 6) is 0.693. The minimum atomic E-state index is -3.60. The molecular weight excluding hydrogens is 385 g/mol. The Labute approximate surface area is 165 Å². The van der Waals surface area contributed by atoms with Crippen molar-refractivity contribution in [2.75, 3.05) is 39.3 Å². The Balaban J connectivity index is 1.49. The van der Waals surface area contributed by atoms with E-state index in [-0.39, 0.29) is 10.7 Å². The predicted molar refractivity (Wildman–Crippen MR) is 102 cm³/mol. The first kappa shape index (κ1) is 20.8. The third kappa shape index (κ3) is 4.89. The average Bonchev–Trinajstić information content (AvgIpc) is 2.86. The van der Waals surface area contributed by atoms with Gasteiger partial charge in [0.1, 0.15) is 22.2 Å². The van der Waals surface area contributed by atoms with Crippen molar-refractivity contribution in [2.24, 2.45) is 0 Å². The molecular formula is C19H26FN3O4S. The molecule has 0 radical (unpaired) electrons. The van der Waals surface area contributed by atoms with Gasteiger partial charge in [0.2, 0.25) is 10.0 Å². The number of nitrogens with zero attached hydrogens (tertiary/aromatic N) is 3. The molecule has 0 bridgehead atoms. The number of hydrogen-bond donors (Lipinski definition) is 0. The third-order valence-corrected chi connectivity index (χ3v) is 6.96. The van der Waals surface area contributed by atoms with E-state index in [0.29, 0.717) is 43.4 Å². The van der Waals surface area contributed by atoms with E-state index in [1.165, 1.54) is 16.4 Å². The van der Waals surface area contributed by atoms with Crippen LogP contribution in [0, 0.1) is 19.7 Å². The maximum Gasteiger partial charge on any atom is 0.248 e. The summed E-state index contributed by atoms with van der Waals surface area (Å²) < 4.78 is 51.0. The molecule has 1 aromatic heterocycles. The number of aromatic nitrogens is 1. The van der Waals surface area contributed by atoms with Crippen LogP contribution in [-0.4, -0.2) is 62.1 Å². The second-order valence-corrected chi connectivity index (χ2v) is 8.78. The number of benzene rings is 1. The molecule has 3 rings (SSSR count). The topological polar surface area (TPSA) is 75.9 Å². The lowest BCUT2D eigenvalue weighted by Gasteiger charge is -2.21. The number of sulfonamides is 1. The van der Waals surface area contributed by atoms with E-state index in [1.54, 1.807) is 26.0 Å². The highest BCUT2D eigenvalue weighted by atomic mass is 32.2. The standard InChI is InChI=1S/C19H26FN3O4S/c1-15-19(16(2)27-21-15)28(24,25)23-11-3-9-22(12-13-23)10-4-14-26-18-7-5-17(20)6-8-18/h5-8H,3-4,9-14H2,1-2H3. The summed E-state index contributed by atoms with van der Waals surface area (Å²) in [6.45, 7) is 7.04. The third-order valence-electron chi connectivity index (χ3n) is 4.81. The minimum Gasteiger partial charge on any atom is -0.494 e. The molecule has 0 N–H and O–H groups in total. The van der Waals surface area contributed by atoms with Crippen LogP contribution in [0.15, 0.2) is 33.7 Å². The molecule has 1 saturated heterocycles. The van der Waals surface area contributed by atoms with Gasteiger partial charge in [-0.2, -0.15) is 4.31 Å². The molecule has 154 valence electrons. The fourth-order valence-electron chi connectivity index (χ4n) is 3.39. The van der Waals surface area contributed by atoms with E-state index >= 15 is 0 Å². The molecule has 0 atom stereocenters. The van der Waals surface area contributed by atoms with Crippen LogP contribution >= 0.6 is 0 Å². The van der Waals surface area contributed by atoms with Crippen LogP contribution in [0.25, 0.3) is 0 Å². The van der Waals surface area contributed by atoms with E-state index in [4.69, 9.17) is 9.26 Å². The Hall–Kier alpha value is -1.97. The molecule has 0 unspecified atom stereocenters. The Morgan fingerprint density at radius 3 is 2.57 bits per heavy atom. The highest BCUT2D eigenvalue weighted by Crippen LogP contribution is 2.24. The maximum absolute atomic E-state index is 13.0. The van der Waals surface area contributed by atoms with Gasteiger partial charge in [-0.25, -0.2) is 12.8 Å². The lowest BCUT2D eigenvalue weighted by Crippen LogP contribution is -2.36. The molecule has 2 heterocycles. The van der Waals surface area contributed by atoms with Gasteiger partial charge >= 0.3 is 0 Å². The Morgan fingerprint density at radius 2 is 1.89 bits per heavy atom. The molecule has 0 spiro atoms. The predicted octanol–water partition coefficient (Wildman–Crippen LogP) is 2.60. The average molecular weight is 411 g/mol. The molecule has 0 amide bonds. The quantitative estimate of drug-likeness (QED) is 0.652. The molecule has 9 heteroatoms. The fourth-order valence-corrected chi connectivity index (χ4v) is 5.15. The molecule has 0 aliphatic carbocycles. The summed E-state index contributed by atoms with van der Waals surface area (Å²) in [5.41, 5.74) is 0.400. The summed E-state index contributed by atoms with van der Waals surface area (Å²) in [4.78, 5) is 2.44. The first-order chi connectivity index (χ1) is 13.4. The van der Waals surface area contributed by atoms with Crippen molar-refractivity contribution < 1.29 is 22.1 Å². The summed E-state index contributed by atoms with van der Waals surface area (Å²) in [7, 11) is -3.60. The van der Waals surface area contributed by atoms with E-state index in [1.807, 2.05) is 0 Å². The van der Waals surface area contributed by atoms with Crippen LogP contribution in [0.5, 0.6) is 5.75 Å². The molecule has 1 aliphatic heterocycles. The van der Waals surface area contributed by atoms with Crippen molar-refractivity contribution in [3.63, 3.8) is 0 Å². The van der Waals surface area contributed by atoms with Crippen molar-refractivity contribution in [3.05, 3.63) is 41.5 Å². The lowest BCUT2D eigenvalue weighted by molar-refractivity contribution is 0.241. The van der Waals surface area contributed by atoms with Crippen LogP contribution in [0.3, 0.4) is 0 Å². The zero-order valence-electron chi connectivity index (χ0n) is 16.2. The summed E-state index contributed by atoms with van der Waals surface area (Å²) in [6, 6.07) is 5.97. The molecule has 28 heavy (non-hydrogen) atoms. The van der Waals surface area contributed by atoms with Gasteiger partial charge in [0.05, 0.1) is 6.61 Å². The van der Waals surface area contributed by atoms with Crippen LogP contribution in [0.2, 0.25) is 0 Å². The Morgan fingerprint density at radius 1 is 1.14 bits per heavy atom. The van der Waals surface area contributed by atoms with Gasteiger partial charge < -0.3 is 14.2 Å². The second-order valence-electron chi connectivity index (χ2n) is 6.91. The van der Waals surface area contributed by atoms with E-state index < -0.39 is 10.0 Å². The van der Waals surface area contributed by atoms with Crippen molar-refractivity contribution in [1.82, 2.24) is 14.4 Å². The van der Waals surface area contributed by atoms with Gasteiger partial charge in [0.25, 0.3) is 0 Å². The first-order valence-electron chi connectivity index (χ1n) is 9.41. The van der Waals surface area contributed by atoms with Crippen LogP contribution in [0.4, 0.5) is 4.39 Å². The molecule has 7 nitrogen and oxygen atoms in total. The van der Waals surface area contributed by atoms with Gasteiger partial charge in [-0.1, -0.05) is 5.16 Å². The summed E-state index contributed by atoms with van der Waals surface area (Å²) in [6.07, 6.45) is 1.58. The summed E-state index contributed by atoms with van der Waals surface area (Å²) in [5, 5.41) is 3.77. The monoisotopic (exact) mass is 411 g/mol. The number of hydrogen-bond acceptors (Lipinski definition) is 6.